The van der Waals surface area contributed by atoms with E-state index in [0.29, 0.717) is 12.5 Å². The molecule has 3 heterocycles. The Morgan fingerprint density at radius 3 is 2.38 bits per heavy atom. The lowest BCUT2D eigenvalue weighted by atomic mass is 9.86. The summed E-state index contributed by atoms with van der Waals surface area (Å²) in [5, 5.41) is 0. The van der Waals surface area contributed by atoms with Crippen LogP contribution in [0.3, 0.4) is 0 Å². The van der Waals surface area contributed by atoms with E-state index in [4.69, 9.17) is 9.47 Å². The average Bonchev–Trinajstić information content (AvgIpc) is 2.80. The van der Waals surface area contributed by atoms with Crippen LogP contribution in [0.2, 0.25) is 0 Å². The standard InChI is InChI=1S/C25H29FN2O4/c1-2-31-24(29)15-18-7-9-19(10-8-18)16-28(22-6-4-3-5-21(22)26)25(30)32-23-17-27-13-11-20(23)12-14-27/h3-10,20,23H,2,11-17H2,1H3/t23-/m0/s1. The molecule has 1 amide bonds. The van der Waals surface area contributed by atoms with Crippen LogP contribution in [0, 0.1) is 11.7 Å². The fourth-order valence-corrected chi connectivity index (χ4v) is 4.48. The minimum atomic E-state index is -0.538. The lowest BCUT2D eigenvalue weighted by Gasteiger charge is -2.44. The van der Waals surface area contributed by atoms with Gasteiger partial charge in [-0.05, 0) is 62.0 Å². The molecule has 0 unspecified atom stereocenters. The van der Waals surface area contributed by atoms with Crippen LogP contribution in [0.25, 0.3) is 0 Å². The van der Waals surface area contributed by atoms with Gasteiger partial charge in [-0.15, -0.1) is 0 Å². The Labute approximate surface area is 187 Å². The van der Waals surface area contributed by atoms with Crippen molar-refractivity contribution in [1.29, 1.82) is 0 Å². The average molecular weight is 441 g/mol. The van der Waals surface area contributed by atoms with Crippen molar-refractivity contribution in [2.45, 2.75) is 38.8 Å². The highest BCUT2D eigenvalue weighted by molar-refractivity contribution is 5.88. The monoisotopic (exact) mass is 440 g/mol. The van der Waals surface area contributed by atoms with Crippen LogP contribution in [0.4, 0.5) is 14.9 Å². The van der Waals surface area contributed by atoms with Gasteiger partial charge < -0.3 is 9.47 Å². The van der Waals surface area contributed by atoms with Crippen molar-refractivity contribution in [3.8, 4) is 0 Å². The molecular formula is C25H29FN2O4. The van der Waals surface area contributed by atoms with E-state index in [1.807, 2.05) is 24.3 Å². The third-order valence-electron chi connectivity index (χ3n) is 6.23. The molecule has 2 aromatic carbocycles. The first-order valence-corrected chi connectivity index (χ1v) is 11.2. The second kappa shape index (κ2) is 10.1. The van der Waals surface area contributed by atoms with Gasteiger partial charge >= 0.3 is 12.1 Å². The lowest BCUT2D eigenvalue weighted by molar-refractivity contribution is -0.142. The molecule has 0 spiro atoms. The van der Waals surface area contributed by atoms with Gasteiger partial charge in [-0.3, -0.25) is 14.6 Å². The molecule has 2 bridgehead atoms. The van der Waals surface area contributed by atoms with E-state index in [1.54, 1.807) is 25.1 Å². The Morgan fingerprint density at radius 2 is 1.75 bits per heavy atom. The van der Waals surface area contributed by atoms with Crippen LogP contribution in [-0.2, 0) is 27.2 Å². The molecule has 5 rings (SSSR count). The number of fused-ring (bicyclic) bond motifs is 3. The smallest absolute Gasteiger partial charge is 0.415 e. The minimum absolute atomic E-state index is 0.161. The molecule has 2 aromatic rings. The number of benzene rings is 2. The highest BCUT2D eigenvalue weighted by Gasteiger charge is 2.37. The summed E-state index contributed by atoms with van der Waals surface area (Å²) < 4.78 is 25.5. The van der Waals surface area contributed by atoms with Gasteiger partial charge in [-0.1, -0.05) is 36.4 Å². The number of carbonyl (C=O) groups excluding carboxylic acids is 2. The molecule has 0 radical (unpaired) electrons. The van der Waals surface area contributed by atoms with Gasteiger partial charge in [0.25, 0.3) is 0 Å². The number of esters is 1. The Bertz CT molecular complexity index is 941. The summed E-state index contributed by atoms with van der Waals surface area (Å²) in [6.45, 7) is 5.12. The molecular weight excluding hydrogens is 411 g/mol. The number of nitrogens with zero attached hydrogens (tertiary/aromatic N) is 2. The first-order chi connectivity index (χ1) is 15.5. The number of ether oxygens (including phenoxy) is 2. The fourth-order valence-electron chi connectivity index (χ4n) is 4.48. The van der Waals surface area contributed by atoms with Crippen LogP contribution < -0.4 is 4.90 Å². The van der Waals surface area contributed by atoms with Crippen molar-refractivity contribution in [1.82, 2.24) is 4.90 Å². The summed E-state index contributed by atoms with van der Waals surface area (Å²) in [6, 6.07) is 13.5. The zero-order valence-corrected chi connectivity index (χ0v) is 18.3. The number of para-hydroxylation sites is 1. The van der Waals surface area contributed by atoms with E-state index < -0.39 is 11.9 Å². The second-order valence-corrected chi connectivity index (χ2v) is 8.40. The molecule has 0 aromatic heterocycles. The van der Waals surface area contributed by atoms with E-state index in [0.717, 1.165) is 43.6 Å². The van der Waals surface area contributed by atoms with Gasteiger partial charge in [-0.25, -0.2) is 9.18 Å². The number of hydrogen-bond donors (Lipinski definition) is 0. The summed E-state index contributed by atoms with van der Waals surface area (Å²) in [4.78, 5) is 28.5. The minimum Gasteiger partial charge on any atom is -0.466 e. The van der Waals surface area contributed by atoms with Crippen molar-refractivity contribution in [3.05, 3.63) is 65.5 Å². The third kappa shape index (κ3) is 5.27. The molecule has 3 aliphatic heterocycles. The Hall–Kier alpha value is -2.93. The van der Waals surface area contributed by atoms with Gasteiger partial charge in [0.15, 0.2) is 0 Å². The maximum atomic E-state index is 14.6. The highest BCUT2D eigenvalue weighted by Crippen LogP contribution is 2.31. The second-order valence-electron chi connectivity index (χ2n) is 8.40. The quantitative estimate of drug-likeness (QED) is 0.605. The van der Waals surface area contributed by atoms with Crippen LogP contribution in [0.1, 0.15) is 30.9 Å². The molecule has 3 aliphatic rings. The van der Waals surface area contributed by atoms with Gasteiger partial charge in [-0.2, -0.15) is 0 Å². The molecule has 0 N–H and O–H groups in total. The van der Waals surface area contributed by atoms with E-state index in [-0.39, 0.29) is 30.7 Å². The third-order valence-corrected chi connectivity index (χ3v) is 6.23. The van der Waals surface area contributed by atoms with Gasteiger partial charge in [0.05, 0.1) is 25.3 Å². The molecule has 6 nitrogen and oxygen atoms in total. The first kappa shape index (κ1) is 22.3. The van der Waals surface area contributed by atoms with Crippen molar-refractivity contribution >= 4 is 17.7 Å². The number of carbonyl (C=O) groups is 2. The normalized spacial score (nSPS) is 21.8. The predicted octanol–water partition coefficient (Wildman–Crippen LogP) is 4.17. The van der Waals surface area contributed by atoms with E-state index in [1.165, 1.54) is 11.0 Å². The van der Waals surface area contributed by atoms with Gasteiger partial charge in [0.2, 0.25) is 0 Å². The van der Waals surface area contributed by atoms with Crippen LogP contribution in [0.15, 0.2) is 48.5 Å². The number of rotatable bonds is 7. The number of amides is 1. The Morgan fingerprint density at radius 1 is 1.06 bits per heavy atom. The lowest BCUT2D eigenvalue weighted by Crippen LogP contribution is -2.53. The SMILES string of the molecule is CCOC(=O)Cc1ccc(CN(C(=O)O[C@H]2CN3CCC2CC3)c2ccccc2F)cc1. The van der Waals surface area contributed by atoms with Crippen LogP contribution in [0.5, 0.6) is 0 Å². The van der Waals surface area contributed by atoms with Crippen molar-refractivity contribution in [3.63, 3.8) is 0 Å². The molecule has 170 valence electrons. The van der Waals surface area contributed by atoms with Gasteiger partial charge in [0.1, 0.15) is 11.9 Å². The fraction of sp³-hybridized carbons (Fsp3) is 0.440. The molecule has 0 saturated carbocycles. The number of anilines is 1. The topological polar surface area (TPSA) is 59.1 Å². The number of halogens is 1. The molecule has 3 fully saturated rings. The predicted molar refractivity (Wildman–Crippen MR) is 119 cm³/mol. The summed E-state index contributed by atoms with van der Waals surface area (Å²) in [7, 11) is 0. The largest absolute Gasteiger partial charge is 0.466 e. The maximum absolute atomic E-state index is 14.6. The van der Waals surface area contributed by atoms with Crippen LogP contribution in [-0.4, -0.2) is 49.3 Å². The molecule has 1 atom stereocenters. The van der Waals surface area contributed by atoms with Crippen molar-refractivity contribution < 1.29 is 23.5 Å². The summed E-state index contributed by atoms with van der Waals surface area (Å²) in [5.41, 5.74) is 1.82. The van der Waals surface area contributed by atoms with Crippen molar-refractivity contribution in [2.75, 3.05) is 31.1 Å². The molecule has 0 aliphatic carbocycles. The zero-order chi connectivity index (χ0) is 22.5. The number of hydrogen-bond acceptors (Lipinski definition) is 5. The van der Waals surface area contributed by atoms with E-state index in [9.17, 15) is 14.0 Å². The summed E-state index contributed by atoms with van der Waals surface area (Å²) in [5.74, 6) is -0.389. The summed E-state index contributed by atoms with van der Waals surface area (Å²) in [6.07, 6.45) is 1.54. The molecule has 3 saturated heterocycles. The van der Waals surface area contributed by atoms with Gasteiger partial charge in [0, 0.05) is 6.54 Å². The molecule has 7 heteroatoms. The zero-order valence-electron chi connectivity index (χ0n) is 18.3. The molecule has 32 heavy (non-hydrogen) atoms. The summed E-state index contributed by atoms with van der Waals surface area (Å²) >= 11 is 0. The van der Waals surface area contributed by atoms with E-state index in [2.05, 4.69) is 4.90 Å². The Balaban J connectivity index is 1.49. The Kier molecular flexibility index (Phi) is 7.05. The van der Waals surface area contributed by atoms with Crippen molar-refractivity contribution in [2.24, 2.45) is 5.92 Å². The maximum Gasteiger partial charge on any atom is 0.415 e. The van der Waals surface area contributed by atoms with E-state index >= 15 is 0 Å². The number of piperidine rings is 3. The first-order valence-electron chi connectivity index (χ1n) is 11.2. The van der Waals surface area contributed by atoms with Crippen LogP contribution >= 0.6 is 0 Å². The highest BCUT2D eigenvalue weighted by atomic mass is 19.1.